The van der Waals surface area contributed by atoms with Crippen LogP contribution in [-0.2, 0) is 61.8 Å². The van der Waals surface area contributed by atoms with Gasteiger partial charge < -0.3 is 29.7 Å². The van der Waals surface area contributed by atoms with Crippen molar-refractivity contribution in [3.63, 3.8) is 0 Å². The van der Waals surface area contributed by atoms with Crippen LogP contribution in [0, 0.1) is 0 Å². The first-order valence-electron chi connectivity index (χ1n) is 11.5. The second kappa shape index (κ2) is 17.2. The summed E-state index contributed by atoms with van der Waals surface area (Å²) in [5, 5.41) is 9.02. The van der Waals surface area contributed by atoms with Gasteiger partial charge >= 0.3 is 17.1 Å². The zero-order valence-corrected chi connectivity index (χ0v) is 23.1. The Hall–Kier alpha value is -2.30. The van der Waals surface area contributed by atoms with Crippen molar-refractivity contribution < 1.29 is 21.5 Å². The minimum atomic E-state index is 0. The molecule has 1 aromatic carbocycles. The fraction of sp³-hybridized carbons (Fsp3) is 0.417. The number of hydrogen-bond donors (Lipinski definition) is 2. The summed E-state index contributed by atoms with van der Waals surface area (Å²) in [6, 6.07) is 12.4. The van der Waals surface area contributed by atoms with Gasteiger partial charge in [-0.3, -0.25) is 25.7 Å². The van der Waals surface area contributed by atoms with Crippen LogP contribution in [0.3, 0.4) is 0 Å². The number of benzene rings is 1. The molecule has 3 rings (SSSR count). The molecule has 0 bridgehead atoms. The van der Waals surface area contributed by atoms with Crippen LogP contribution in [0.5, 0.6) is 0 Å². The van der Waals surface area contributed by atoms with Crippen molar-refractivity contribution in [1.29, 1.82) is 0 Å². The fourth-order valence-electron chi connectivity index (χ4n) is 3.27. The second-order valence-electron chi connectivity index (χ2n) is 7.03. The third kappa shape index (κ3) is 10.5. The standard InChI is InChI=1S/C22H29N7OS2.C2H6.Cu/c1-3-23-21(31)27-25-13-19(26-28-22(32)24-4-2)20-10-9-18(30-20)15-29-12-11-16-7-5-6-8-17(16)14-29;1-2;/h5-10,13H,3-4,11-12,14-15H2,1-2H3,(H2,23,27,31)(H2,24,28,32);1-2H3;/q;;+2/p-2/b25-13+,26-19-;;. The molecule has 2 heterocycles. The molecular formula is C24H33CuN7OS2. The smallest absolute Gasteiger partial charge is 0.741 e. The maximum absolute atomic E-state index is 6.07. The van der Waals surface area contributed by atoms with Crippen molar-refractivity contribution in [1.82, 2.24) is 15.8 Å². The summed E-state index contributed by atoms with van der Waals surface area (Å²) in [6.45, 7) is 11.6. The zero-order chi connectivity index (χ0) is 24.8. The Labute approximate surface area is 230 Å². The molecule has 1 aliphatic rings. The van der Waals surface area contributed by atoms with Crippen LogP contribution < -0.4 is 10.9 Å². The fourth-order valence-corrected chi connectivity index (χ4v) is 3.63. The molecule has 8 nitrogen and oxygen atoms in total. The predicted octanol–water partition coefficient (Wildman–Crippen LogP) is 3.58. The van der Waals surface area contributed by atoms with Gasteiger partial charge in [-0.1, -0.05) is 38.1 Å². The third-order valence-electron chi connectivity index (χ3n) is 4.73. The van der Waals surface area contributed by atoms with E-state index in [0.717, 1.165) is 25.3 Å². The van der Waals surface area contributed by atoms with E-state index in [0.29, 0.717) is 41.4 Å². The monoisotopic (exact) mass is 562 g/mol. The van der Waals surface area contributed by atoms with E-state index in [1.54, 1.807) is 0 Å². The molecule has 2 N–H and O–H groups in total. The van der Waals surface area contributed by atoms with Crippen LogP contribution in [0.2, 0.25) is 0 Å². The Morgan fingerprint density at radius 2 is 1.66 bits per heavy atom. The van der Waals surface area contributed by atoms with Crippen LogP contribution in [-0.4, -0.2) is 46.8 Å². The summed E-state index contributed by atoms with van der Waals surface area (Å²) in [7, 11) is 0. The molecule has 0 amide bonds. The van der Waals surface area contributed by atoms with E-state index in [4.69, 9.17) is 29.7 Å². The first-order valence-corrected chi connectivity index (χ1v) is 12.3. The van der Waals surface area contributed by atoms with Gasteiger partial charge in [-0.2, -0.15) is 10.2 Å². The molecule has 0 unspecified atom stereocenters. The summed E-state index contributed by atoms with van der Waals surface area (Å²) in [5.41, 5.74) is 8.71. The Bertz CT molecular complexity index is 1020. The Balaban J connectivity index is 0.00000199. The Kier molecular flexibility index (Phi) is 15.1. The quantitative estimate of drug-likeness (QED) is 0.168. The van der Waals surface area contributed by atoms with Gasteiger partial charge in [-0.25, -0.2) is 0 Å². The molecule has 0 saturated heterocycles. The third-order valence-corrected chi connectivity index (χ3v) is 5.17. The van der Waals surface area contributed by atoms with E-state index in [1.165, 1.54) is 17.3 Å². The topological polar surface area (TPSA) is 89.9 Å². The molecule has 1 aliphatic heterocycles. The van der Waals surface area contributed by atoms with E-state index < -0.39 is 0 Å². The summed E-state index contributed by atoms with van der Waals surface area (Å²) in [5.74, 6) is 1.42. The van der Waals surface area contributed by atoms with E-state index in [-0.39, 0.29) is 17.1 Å². The van der Waals surface area contributed by atoms with Gasteiger partial charge in [-0.05, 0) is 53.9 Å². The van der Waals surface area contributed by atoms with Crippen molar-refractivity contribution in [2.75, 3.05) is 19.6 Å². The maximum Gasteiger partial charge on any atom is 2.00 e. The zero-order valence-electron chi connectivity index (χ0n) is 20.5. The first-order chi connectivity index (χ1) is 16.6. The predicted molar refractivity (Wildman–Crippen MR) is 146 cm³/mol. The largest absolute Gasteiger partial charge is 2.00 e. The number of amidine groups is 2. The van der Waals surface area contributed by atoms with Crippen molar-refractivity contribution in [2.45, 2.75) is 47.2 Å². The molecule has 0 spiro atoms. The van der Waals surface area contributed by atoms with Gasteiger partial charge in [0.25, 0.3) is 0 Å². The molecule has 35 heavy (non-hydrogen) atoms. The number of hydrogen-bond acceptors (Lipinski definition) is 8. The van der Waals surface area contributed by atoms with Crippen LogP contribution in [0.15, 0.2) is 61.0 Å². The van der Waals surface area contributed by atoms with Crippen molar-refractivity contribution in [3.8, 4) is 0 Å². The van der Waals surface area contributed by atoms with Gasteiger partial charge in [-0.15, -0.1) is 0 Å². The normalized spacial score (nSPS) is 14.6. The average Bonchev–Trinajstić information content (AvgIpc) is 3.31. The van der Waals surface area contributed by atoms with E-state index in [9.17, 15) is 0 Å². The molecule has 1 radical (unpaired) electrons. The van der Waals surface area contributed by atoms with Crippen LogP contribution in [0.1, 0.15) is 50.3 Å². The summed E-state index contributed by atoms with van der Waals surface area (Å²) >= 11 is 10.2. The average molecular weight is 563 g/mol. The number of nitrogens with zero attached hydrogens (tertiary/aromatic N) is 5. The molecule has 193 valence electrons. The Morgan fingerprint density at radius 3 is 2.34 bits per heavy atom. The minimum Gasteiger partial charge on any atom is -0.741 e. The molecule has 0 atom stereocenters. The SMILES string of the molecule is CC.CCN=C([S-])N/N=C(/C=N/NC([S-])=NCC)c1ccc(CN2CCc3ccccc3C2)o1.[Cu+2]. The number of hydrazone groups is 2. The van der Waals surface area contributed by atoms with Gasteiger partial charge in [0.1, 0.15) is 11.5 Å². The van der Waals surface area contributed by atoms with Crippen LogP contribution >= 0.6 is 0 Å². The van der Waals surface area contributed by atoms with Crippen molar-refractivity contribution >= 4 is 47.5 Å². The van der Waals surface area contributed by atoms with Gasteiger partial charge in [0.05, 0.1) is 12.8 Å². The molecule has 0 saturated carbocycles. The van der Waals surface area contributed by atoms with Crippen molar-refractivity contribution in [3.05, 3.63) is 59.0 Å². The van der Waals surface area contributed by atoms with Gasteiger partial charge in [0.15, 0.2) is 5.76 Å². The van der Waals surface area contributed by atoms with E-state index in [1.807, 2.05) is 39.8 Å². The van der Waals surface area contributed by atoms with Gasteiger partial charge in [0.2, 0.25) is 0 Å². The van der Waals surface area contributed by atoms with E-state index >= 15 is 0 Å². The number of furan rings is 1. The maximum atomic E-state index is 6.07. The molecule has 1 aromatic heterocycles. The number of nitrogens with one attached hydrogen (secondary N) is 2. The molecule has 0 fully saturated rings. The first kappa shape index (κ1) is 30.7. The summed E-state index contributed by atoms with van der Waals surface area (Å²) in [4.78, 5) is 10.5. The van der Waals surface area contributed by atoms with Crippen LogP contribution in [0.4, 0.5) is 0 Å². The molecule has 11 heteroatoms. The summed E-state index contributed by atoms with van der Waals surface area (Å²) < 4.78 is 6.07. The molecular weight excluding hydrogens is 530 g/mol. The number of aliphatic imine (C=N–C) groups is 2. The van der Waals surface area contributed by atoms with E-state index in [2.05, 4.69) is 60.2 Å². The number of rotatable bonds is 8. The molecule has 2 aromatic rings. The minimum absolute atomic E-state index is 0. The van der Waals surface area contributed by atoms with Gasteiger partial charge in [0, 0.05) is 26.2 Å². The second-order valence-corrected chi connectivity index (χ2v) is 7.81. The van der Waals surface area contributed by atoms with Crippen molar-refractivity contribution in [2.24, 2.45) is 20.2 Å². The molecule has 0 aliphatic carbocycles. The Morgan fingerprint density at radius 1 is 1.00 bits per heavy atom. The summed E-state index contributed by atoms with van der Waals surface area (Å²) in [6.07, 6.45) is 2.55. The number of fused-ring (bicyclic) bond motifs is 1. The van der Waals surface area contributed by atoms with Crippen LogP contribution in [0.25, 0.3) is 0 Å².